The third kappa shape index (κ3) is 2.48. The van der Waals surface area contributed by atoms with Gasteiger partial charge in [0.25, 0.3) is 5.91 Å². The van der Waals surface area contributed by atoms with Crippen LogP contribution >= 0.6 is 0 Å². The summed E-state index contributed by atoms with van der Waals surface area (Å²) in [6.07, 6.45) is 10.8. The number of fused-ring (bicyclic) bond motifs is 1. The number of hydrogen-bond acceptors (Lipinski definition) is 3. The summed E-state index contributed by atoms with van der Waals surface area (Å²) < 4.78 is 0. The maximum absolute atomic E-state index is 11.6. The van der Waals surface area contributed by atoms with Crippen LogP contribution in [-0.4, -0.2) is 21.9 Å². The first-order valence-electron chi connectivity index (χ1n) is 7.28. The van der Waals surface area contributed by atoms with E-state index < -0.39 is 5.91 Å². The summed E-state index contributed by atoms with van der Waals surface area (Å²) in [6.45, 7) is 0. The molecule has 2 heterocycles. The van der Waals surface area contributed by atoms with E-state index in [2.05, 4.69) is 15.3 Å². The van der Waals surface area contributed by atoms with Crippen molar-refractivity contribution in [2.75, 3.05) is 5.32 Å². The molecule has 0 spiro atoms. The van der Waals surface area contributed by atoms with Crippen LogP contribution < -0.4 is 11.1 Å². The van der Waals surface area contributed by atoms with Crippen molar-refractivity contribution in [3.63, 3.8) is 0 Å². The van der Waals surface area contributed by atoms with E-state index in [4.69, 9.17) is 5.73 Å². The van der Waals surface area contributed by atoms with Gasteiger partial charge in [0.1, 0.15) is 5.65 Å². The zero-order valence-electron chi connectivity index (χ0n) is 11.5. The van der Waals surface area contributed by atoms with E-state index in [0.29, 0.717) is 11.6 Å². The Morgan fingerprint density at radius 1 is 1.30 bits per heavy atom. The molecule has 0 atom stereocenters. The van der Waals surface area contributed by atoms with Crippen LogP contribution in [0.4, 0.5) is 5.69 Å². The fourth-order valence-electron chi connectivity index (χ4n) is 2.98. The molecular formula is C15H20N4O. The number of nitrogens with one attached hydrogen (secondary N) is 2. The number of rotatable bonds is 3. The van der Waals surface area contributed by atoms with Gasteiger partial charge < -0.3 is 16.0 Å². The molecule has 0 bridgehead atoms. The fourth-order valence-corrected chi connectivity index (χ4v) is 2.98. The Balaban J connectivity index is 1.96. The van der Waals surface area contributed by atoms with E-state index in [0.717, 1.165) is 29.6 Å². The number of carbonyl (C=O) groups is 1. The molecule has 20 heavy (non-hydrogen) atoms. The molecule has 0 aliphatic heterocycles. The van der Waals surface area contributed by atoms with E-state index in [1.165, 1.54) is 25.7 Å². The highest BCUT2D eigenvalue weighted by molar-refractivity contribution is 6.05. The van der Waals surface area contributed by atoms with Gasteiger partial charge in [-0.15, -0.1) is 0 Å². The summed E-state index contributed by atoms with van der Waals surface area (Å²) in [7, 11) is 0. The molecule has 0 unspecified atom stereocenters. The molecule has 1 fully saturated rings. The van der Waals surface area contributed by atoms with Crippen LogP contribution in [0.1, 0.15) is 48.9 Å². The van der Waals surface area contributed by atoms with Crippen molar-refractivity contribution < 1.29 is 4.79 Å². The van der Waals surface area contributed by atoms with Crippen molar-refractivity contribution in [2.24, 2.45) is 5.73 Å². The van der Waals surface area contributed by atoms with E-state index in [-0.39, 0.29) is 0 Å². The number of aromatic nitrogens is 2. The lowest BCUT2D eigenvalue weighted by Crippen LogP contribution is -2.22. The van der Waals surface area contributed by atoms with Gasteiger partial charge in [-0.2, -0.15) is 0 Å². The number of amides is 1. The Labute approximate surface area is 118 Å². The van der Waals surface area contributed by atoms with E-state index in [1.54, 1.807) is 6.20 Å². The zero-order chi connectivity index (χ0) is 13.9. The molecule has 106 valence electrons. The second-order valence-electron chi connectivity index (χ2n) is 5.48. The highest BCUT2D eigenvalue weighted by Crippen LogP contribution is 2.28. The van der Waals surface area contributed by atoms with Crippen LogP contribution in [0.25, 0.3) is 11.0 Å². The predicted octanol–water partition coefficient (Wildman–Crippen LogP) is 2.80. The number of anilines is 1. The Morgan fingerprint density at radius 2 is 2.05 bits per heavy atom. The quantitative estimate of drug-likeness (QED) is 0.751. The topological polar surface area (TPSA) is 83.8 Å². The SMILES string of the molecule is NC(=O)c1cnc2[nH]ccc2c1NC1CCCCCC1. The molecule has 1 amide bonds. The number of H-pyrrole nitrogens is 1. The van der Waals surface area contributed by atoms with Gasteiger partial charge in [0.2, 0.25) is 0 Å². The third-order valence-electron chi connectivity index (χ3n) is 4.06. The number of hydrogen-bond donors (Lipinski definition) is 3. The van der Waals surface area contributed by atoms with Gasteiger partial charge in [0.05, 0.1) is 11.3 Å². The van der Waals surface area contributed by atoms with Crippen LogP contribution in [0.5, 0.6) is 0 Å². The largest absolute Gasteiger partial charge is 0.381 e. The fraction of sp³-hybridized carbons (Fsp3) is 0.467. The van der Waals surface area contributed by atoms with Crippen molar-refractivity contribution in [3.05, 3.63) is 24.0 Å². The first-order valence-corrected chi connectivity index (χ1v) is 7.28. The lowest BCUT2D eigenvalue weighted by atomic mass is 10.1. The summed E-state index contributed by atoms with van der Waals surface area (Å²) in [4.78, 5) is 18.9. The molecule has 1 aliphatic rings. The Bertz CT molecular complexity index is 611. The van der Waals surface area contributed by atoms with Gasteiger partial charge in [-0.1, -0.05) is 25.7 Å². The number of aromatic amines is 1. The molecule has 3 rings (SSSR count). The van der Waals surface area contributed by atoms with Crippen molar-refractivity contribution in [3.8, 4) is 0 Å². The minimum absolute atomic E-state index is 0.413. The number of nitrogens with zero attached hydrogens (tertiary/aromatic N) is 1. The lowest BCUT2D eigenvalue weighted by Gasteiger charge is -2.20. The molecule has 0 saturated heterocycles. The smallest absolute Gasteiger partial charge is 0.252 e. The van der Waals surface area contributed by atoms with Crippen LogP contribution in [0.15, 0.2) is 18.5 Å². The Hall–Kier alpha value is -2.04. The number of carbonyl (C=O) groups excluding carboxylic acids is 1. The maximum atomic E-state index is 11.6. The van der Waals surface area contributed by atoms with Gasteiger partial charge in [0, 0.05) is 23.8 Å². The second kappa shape index (κ2) is 5.53. The van der Waals surface area contributed by atoms with Gasteiger partial charge in [-0.3, -0.25) is 4.79 Å². The van der Waals surface area contributed by atoms with Crippen molar-refractivity contribution in [1.82, 2.24) is 9.97 Å². The Kier molecular flexibility index (Phi) is 3.58. The first kappa shape index (κ1) is 13.0. The van der Waals surface area contributed by atoms with Crippen molar-refractivity contribution >= 4 is 22.6 Å². The average Bonchev–Trinajstić information content (AvgIpc) is 2.77. The van der Waals surface area contributed by atoms with Crippen molar-refractivity contribution in [2.45, 2.75) is 44.6 Å². The monoisotopic (exact) mass is 272 g/mol. The first-order chi connectivity index (χ1) is 9.75. The number of pyridine rings is 1. The average molecular weight is 272 g/mol. The van der Waals surface area contributed by atoms with E-state index >= 15 is 0 Å². The van der Waals surface area contributed by atoms with Gasteiger partial charge in [-0.05, 0) is 18.9 Å². The molecule has 1 saturated carbocycles. The molecule has 2 aromatic rings. The standard InChI is InChI=1S/C15H20N4O/c16-14(20)12-9-18-15-11(7-8-17-15)13(12)19-10-5-3-1-2-4-6-10/h7-10H,1-6H2,(H2,16,20)(H2,17,18,19). The van der Waals surface area contributed by atoms with Crippen LogP contribution in [0.3, 0.4) is 0 Å². The van der Waals surface area contributed by atoms with Crippen LogP contribution in [-0.2, 0) is 0 Å². The summed E-state index contributed by atoms with van der Waals surface area (Å²) >= 11 is 0. The van der Waals surface area contributed by atoms with Gasteiger partial charge in [-0.25, -0.2) is 4.98 Å². The van der Waals surface area contributed by atoms with Crippen LogP contribution in [0, 0.1) is 0 Å². The zero-order valence-corrected chi connectivity index (χ0v) is 11.5. The summed E-state index contributed by atoms with van der Waals surface area (Å²) in [5.41, 5.74) is 7.57. The molecule has 0 radical (unpaired) electrons. The van der Waals surface area contributed by atoms with Gasteiger partial charge in [0.15, 0.2) is 0 Å². The van der Waals surface area contributed by atoms with Crippen molar-refractivity contribution in [1.29, 1.82) is 0 Å². The second-order valence-corrected chi connectivity index (χ2v) is 5.48. The highest BCUT2D eigenvalue weighted by atomic mass is 16.1. The minimum atomic E-state index is -0.434. The minimum Gasteiger partial charge on any atom is -0.381 e. The molecule has 5 heteroatoms. The lowest BCUT2D eigenvalue weighted by molar-refractivity contribution is 0.100. The number of primary amides is 1. The third-order valence-corrected chi connectivity index (χ3v) is 4.06. The maximum Gasteiger partial charge on any atom is 0.252 e. The Morgan fingerprint density at radius 3 is 2.75 bits per heavy atom. The van der Waals surface area contributed by atoms with Crippen LogP contribution in [0.2, 0.25) is 0 Å². The molecule has 4 N–H and O–H groups in total. The van der Waals surface area contributed by atoms with Gasteiger partial charge >= 0.3 is 0 Å². The highest BCUT2D eigenvalue weighted by Gasteiger charge is 2.18. The molecular weight excluding hydrogens is 252 g/mol. The normalized spacial score (nSPS) is 17.0. The summed E-state index contributed by atoms with van der Waals surface area (Å²) in [5, 5.41) is 4.47. The molecule has 2 aromatic heterocycles. The molecule has 5 nitrogen and oxygen atoms in total. The summed E-state index contributed by atoms with van der Waals surface area (Å²) in [5.74, 6) is -0.434. The molecule has 1 aliphatic carbocycles. The molecule has 0 aromatic carbocycles. The summed E-state index contributed by atoms with van der Waals surface area (Å²) in [6, 6.07) is 2.35. The number of nitrogens with two attached hydrogens (primary N) is 1. The van der Waals surface area contributed by atoms with E-state index in [1.807, 2.05) is 12.3 Å². The van der Waals surface area contributed by atoms with E-state index in [9.17, 15) is 4.79 Å². The predicted molar refractivity (Wildman–Crippen MR) is 79.7 cm³/mol.